The number of aromatic nitrogens is 1. The zero-order valence-corrected chi connectivity index (χ0v) is 11.1. The van der Waals surface area contributed by atoms with Crippen LogP contribution in [0.15, 0.2) is 23.7 Å². The lowest BCUT2D eigenvalue weighted by atomic mass is 10.1. The number of thiophene rings is 1. The Balaban J connectivity index is 1.64. The minimum atomic E-state index is 0.274. The van der Waals surface area contributed by atoms with Crippen LogP contribution in [0.25, 0.3) is 10.2 Å². The Morgan fingerprint density at radius 3 is 3.17 bits per heavy atom. The summed E-state index contributed by atoms with van der Waals surface area (Å²) in [6.07, 6.45) is 5.42. The number of fused-ring (bicyclic) bond motifs is 1. The van der Waals surface area contributed by atoms with Gasteiger partial charge in [0, 0.05) is 25.4 Å². The van der Waals surface area contributed by atoms with Gasteiger partial charge in [-0.1, -0.05) is 0 Å². The van der Waals surface area contributed by atoms with Crippen LogP contribution >= 0.6 is 11.3 Å². The fourth-order valence-corrected chi connectivity index (χ4v) is 3.18. The van der Waals surface area contributed by atoms with Gasteiger partial charge >= 0.3 is 0 Å². The highest BCUT2D eigenvalue weighted by Gasteiger charge is 2.30. The van der Waals surface area contributed by atoms with Crippen molar-refractivity contribution in [2.45, 2.75) is 31.8 Å². The Hall–Kier alpha value is -0.970. The van der Waals surface area contributed by atoms with E-state index in [0.29, 0.717) is 6.04 Å². The summed E-state index contributed by atoms with van der Waals surface area (Å²) in [7, 11) is 0. The molecule has 0 saturated heterocycles. The van der Waals surface area contributed by atoms with Crippen molar-refractivity contribution >= 4 is 21.6 Å². The molecular weight excluding hydrogens is 244 g/mol. The Bertz CT molecular complexity index is 521. The number of nitrogens with zero attached hydrogens (tertiary/aromatic N) is 1. The predicted octanol–water partition coefficient (Wildman–Crippen LogP) is 2.55. The average molecular weight is 262 g/mol. The molecule has 1 atom stereocenters. The number of aliphatic hydroxyl groups is 1. The van der Waals surface area contributed by atoms with E-state index in [1.165, 1.54) is 23.1 Å². The highest BCUT2D eigenvalue weighted by molar-refractivity contribution is 7.17. The molecule has 2 aromatic rings. The molecule has 3 nitrogen and oxygen atoms in total. The molecule has 0 amide bonds. The standard InChI is InChI=1S/C14H18N2OS/c17-5-3-12(11-1-2-11)15-8-10-7-14-13(16-9-10)4-6-18-14/h4,6-7,9,11-12,15,17H,1-3,5,8H2. The van der Waals surface area contributed by atoms with Crippen LogP contribution in [-0.4, -0.2) is 22.7 Å². The summed E-state index contributed by atoms with van der Waals surface area (Å²) in [6, 6.07) is 4.73. The molecule has 0 aliphatic heterocycles. The van der Waals surface area contributed by atoms with Crippen molar-refractivity contribution in [2.75, 3.05) is 6.61 Å². The first-order chi connectivity index (χ1) is 8.86. The molecule has 1 aliphatic rings. The third-order valence-electron chi connectivity index (χ3n) is 3.56. The summed E-state index contributed by atoms with van der Waals surface area (Å²) in [6.45, 7) is 1.12. The molecule has 0 bridgehead atoms. The van der Waals surface area contributed by atoms with E-state index in [9.17, 15) is 0 Å². The van der Waals surface area contributed by atoms with Crippen molar-refractivity contribution in [3.8, 4) is 0 Å². The number of aliphatic hydroxyl groups excluding tert-OH is 1. The van der Waals surface area contributed by atoms with Gasteiger partial charge in [0.15, 0.2) is 0 Å². The zero-order valence-electron chi connectivity index (χ0n) is 10.3. The monoisotopic (exact) mass is 262 g/mol. The van der Waals surface area contributed by atoms with Gasteiger partial charge in [-0.3, -0.25) is 4.98 Å². The normalized spacial score (nSPS) is 17.2. The zero-order chi connectivity index (χ0) is 12.4. The van der Waals surface area contributed by atoms with Crippen molar-refractivity contribution in [2.24, 2.45) is 5.92 Å². The topological polar surface area (TPSA) is 45.1 Å². The van der Waals surface area contributed by atoms with E-state index in [1.54, 1.807) is 11.3 Å². The molecule has 4 heteroatoms. The van der Waals surface area contributed by atoms with Gasteiger partial charge in [0.05, 0.1) is 10.2 Å². The summed E-state index contributed by atoms with van der Waals surface area (Å²) in [5, 5.41) is 14.7. The fourth-order valence-electron chi connectivity index (χ4n) is 2.37. The van der Waals surface area contributed by atoms with Crippen molar-refractivity contribution in [3.05, 3.63) is 29.3 Å². The van der Waals surface area contributed by atoms with Gasteiger partial charge in [0.1, 0.15) is 0 Å². The van der Waals surface area contributed by atoms with Gasteiger partial charge in [-0.25, -0.2) is 0 Å². The smallest absolute Gasteiger partial charge is 0.0809 e. The number of rotatable bonds is 6. The minimum Gasteiger partial charge on any atom is -0.396 e. The van der Waals surface area contributed by atoms with Crippen LogP contribution in [0.1, 0.15) is 24.8 Å². The van der Waals surface area contributed by atoms with Crippen LogP contribution in [0.2, 0.25) is 0 Å². The maximum Gasteiger partial charge on any atom is 0.0809 e. The van der Waals surface area contributed by atoms with Gasteiger partial charge in [-0.15, -0.1) is 11.3 Å². The van der Waals surface area contributed by atoms with Crippen LogP contribution in [0, 0.1) is 5.92 Å². The molecule has 1 fully saturated rings. The van der Waals surface area contributed by atoms with Gasteiger partial charge in [0.2, 0.25) is 0 Å². The summed E-state index contributed by atoms with van der Waals surface area (Å²) < 4.78 is 1.25. The van der Waals surface area contributed by atoms with E-state index in [-0.39, 0.29) is 6.61 Å². The molecule has 2 N–H and O–H groups in total. The molecule has 0 aromatic carbocycles. The van der Waals surface area contributed by atoms with Crippen LogP contribution in [-0.2, 0) is 6.54 Å². The molecule has 18 heavy (non-hydrogen) atoms. The second-order valence-corrected chi connectivity index (χ2v) is 5.93. The van der Waals surface area contributed by atoms with Crippen molar-refractivity contribution in [1.29, 1.82) is 0 Å². The van der Waals surface area contributed by atoms with Crippen LogP contribution < -0.4 is 5.32 Å². The Morgan fingerprint density at radius 2 is 2.39 bits per heavy atom. The van der Waals surface area contributed by atoms with Gasteiger partial charge in [-0.05, 0) is 48.3 Å². The maximum atomic E-state index is 9.07. The van der Waals surface area contributed by atoms with Gasteiger partial charge in [0.25, 0.3) is 0 Å². The Kier molecular flexibility index (Phi) is 3.59. The first-order valence-electron chi connectivity index (χ1n) is 6.53. The lowest BCUT2D eigenvalue weighted by Gasteiger charge is -2.16. The highest BCUT2D eigenvalue weighted by atomic mass is 32.1. The van der Waals surface area contributed by atoms with E-state index in [4.69, 9.17) is 5.11 Å². The highest BCUT2D eigenvalue weighted by Crippen LogP contribution is 2.34. The van der Waals surface area contributed by atoms with Crippen molar-refractivity contribution in [3.63, 3.8) is 0 Å². The molecule has 1 aliphatic carbocycles. The quantitative estimate of drug-likeness (QED) is 0.841. The largest absolute Gasteiger partial charge is 0.396 e. The van der Waals surface area contributed by atoms with Gasteiger partial charge < -0.3 is 10.4 Å². The van der Waals surface area contributed by atoms with E-state index < -0.39 is 0 Å². The number of hydrogen-bond acceptors (Lipinski definition) is 4. The average Bonchev–Trinajstić information content (AvgIpc) is 3.12. The third kappa shape index (κ3) is 2.71. The number of hydrogen-bond donors (Lipinski definition) is 2. The van der Waals surface area contributed by atoms with E-state index in [1.807, 2.05) is 6.20 Å². The third-order valence-corrected chi connectivity index (χ3v) is 4.41. The number of pyridine rings is 1. The molecule has 2 heterocycles. The summed E-state index contributed by atoms with van der Waals surface area (Å²) in [4.78, 5) is 4.45. The van der Waals surface area contributed by atoms with Crippen LogP contribution in [0.5, 0.6) is 0 Å². The number of nitrogens with one attached hydrogen (secondary N) is 1. The second kappa shape index (κ2) is 5.34. The first-order valence-corrected chi connectivity index (χ1v) is 7.41. The molecule has 0 radical (unpaired) electrons. The molecule has 96 valence electrons. The van der Waals surface area contributed by atoms with Gasteiger partial charge in [-0.2, -0.15) is 0 Å². The molecule has 0 spiro atoms. The minimum absolute atomic E-state index is 0.274. The predicted molar refractivity (Wildman–Crippen MR) is 74.7 cm³/mol. The van der Waals surface area contributed by atoms with E-state index >= 15 is 0 Å². The van der Waals surface area contributed by atoms with E-state index in [0.717, 1.165) is 24.4 Å². The molecule has 2 aromatic heterocycles. The molecular formula is C14H18N2OS. The Morgan fingerprint density at radius 1 is 1.50 bits per heavy atom. The lowest BCUT2D eigenvalue weighted by molar-refractivity contribution is 0.255. The summed E-state index contributed by atoms with van der Waals surface area (Å²) in [5.41, 5.74) is 2.31. The first kappa shape index (κ1) is 12.1. The molecule has 1 saturated carbocycles. The second-order valence-electron chi connectivity index (χ2n) is 4.98. The lowest BCUT2D eigenvalue weighted by Crippen LogP contribution is -2.31. The van der Waals surface area contributed by atoms with Crippen LogP contribution in [0.3, 0.4) is 0 Å². The van der Waals surface area contributed by atoms with Crippen molar-refractivity contribution < 1.29 is 5.11 Å². The van der Waals surface area contributed by atoms with Crippen LogP contribution in [0.4, 0.5) is 0 Å². The van der Waals surface area contributed by atoms with E-state index in [2.05, 4.69) is 27.8 Å². The SMILES string of the molecule is OCCC(NCc1cnc2ccsc2c1)C1CC1. The Labute approximate surface area is 111 Å². The fraction of sp³-hybridized carbons (Fsp3) is 0.500. The maximum absolute atomic E-state index is 9.07. The summed E-state index contributed by atoms with van der Waals surface area (Å²) in [5.74, 6) is 0.774. The summed E-state index contributed by atoms with van der Waals surface area (Å²) >= 11 is 1.73. The van der Waals surface area contributed by atoms with Crippen molar-refractivity contribution in [1.82, 2.24) is 10.3 Å². The molecule has 1 unspecified atom stereocenters. The molecule has 3 rings (SSSR count).